The number of piperidine rings is 1. The number of likely N-dealkylation sites (tertiary alicyclic amines) is 1. The van der Waals surface area contributed by atoms with Crippen molar-refractivity contribution < 1.29 is 8.42 Å². The van der Waals surface area contributed by atoms with Crippen LogP contribution in [0, 0.1) is 5.92 Å². The standard InChI is InChI=1S/C12H19N3O2S3/c1-15-6-4-9(5-7-15)8-14-20(16,17)11-3-2-10(19-11)12(13)18/h2-3,9,14H,4-8H2,1H3,(H2,13,18). The van der Waals surface area contributed by atoms with Gasteiger partial charge in [0.25, 0.3) is 0 Å². The zero-order chi connectivity index (χ0) is 14.8. The summed E-state index contributed by atoms with van der Waals surface area (Å²) in [5.74, 6) is 0.413. The van der Waals surface area contributed by atoms with Gasteiger partial charge in [0.2, 0.25) is 10.0 Å². The molecule has 0 atom stereocenters. The fourth-order valence-corrected chi connectivity index (χ4v) is 4.67. The SMILES string of the molecule is CN1CCC(CNS(=O)(=O)c2ccc(C(N)=S)s2)CC1. The Morgan fingerprint density at radius 1 is 1.50 bits per heavy atom. The molecule has 2 heterocycles. The van der Waals surface area contributed by atoms with Crippen LogP contribution in [0.25, 0.3) is 0 Å². The molecule has 0 unspecified atom stereocenters. The lowest BCUT2D eigenvalue weighted by atomic mass is 9.98. The summed E-state index contributed by atoms with van der Waals surface area (Å²) in [4.78, 5) is 3.12. The van der Waals surface area contributed by atoms with Crippen molar-refractivity contribution in [3.8, 4) is 0 Å². The van der Waals surface area contributed by atoms with Gasteiger partial charge in [0.15, 0.2) is 0 Å². The molecule has 0 aromatic carbocycles. The van der Waals surface area contributed by atoms with Gasteiger partial charge in [-0.3, -0.25) is 0 Å². The molecule has 2 rings (SSSR count). The topological polar surface area (TPSA) is 75.4 Å². The smallest absolute Gasteiger partial charge is 0.250 e. The Labute approximate surface area is 129 Å². The Hall–Kier alpha value is -0.540. The molecule has 8 heteroatoms. The maximum absolute atomic E-state index is 12.2. The van der Waals surface area contributed by atoms with Gasteiger partial charge < -0.3 is 10.6 Å². The predicted octanol–water partition coefficient (Wildman–Crippen LogP) is 1.00. The summed E-state index contributed by atoms with van der Waals surface area (Å²) in [7, 11) is -1.36. The van der Waals surface area contributed by atoms with Crippen molar-refractivity contribution in [2.24, 2.45) is 11.7 Å². The first-order valence-electron chi connectivity index (χ1n) is 6.46. The lowest BCUT2D eigenvalue weighted by molar-refractivity contribution is 0.220. The van der Waals surface area contributed by atoms with Gasteiger partial charge in [-0.1, -0.05) is 12.2 Å². The molecule has 0 bridgehead atoms. The second-order valence-corrected chi connectivity index (χ2v) is 8.60. The quantitative estimate of drug-likeness (QED) is 0.787. The number of thiocarbonyl (C=S) groups is 1. The number of sulfonamides is 1. The van der Waals surface area contributed by atoms with E-state index < -0.39 is 10.0 Å². The first-order valence-corrected chi connectivity index (χ1v) is 9.17. The molecular weight excluding hydrogens is 314 g/mol. The summed E-state index contributed by atoms with van der Waals surface area (Å²) >= 11 is 5.95. The van der Waals surface area contributed by atoms with Crippen LogP contribution in [0.2, 0.25) is 0 Å². The molecule has 1 aromatic heterocycles. The van der Waals surface area contributed by atoms with E-state index in [1.165, 1.54) is 0 Å². The van der Waals surface area contributed by atoms with Crippen molar-refractivity contribution in [3.05, 3.63) is 17.0 Å². The van der Waals surface area contributed by atoms with Crippen LogP contribution >= 0.6 is 23.6 Å². The average molecular weight is 334 g/mol. The third-order valence-corrected chi connectivity index (χ3v) is 6.87. The molecule has 0 radical (unpaired) electrons. The Balaban J connectivity index is 1.95. The Morgan fingerprint density at radius 2 is 2.15 bits per heavy atom. The first-order chi connectivity index (χ1) is 9.38. The summed E-state index contributed by atoms with van der Waals surface area (Å²) in [5.41, 5.74) is 5.50. The van der Waals surface area contributed by atoms with E-state index >= 15 is 0 Å². The van der Waals surface area contributed by atoms with Gasteiger partial charge in [0, 0.05) is 6.54 Å². The molecule has 20 heavy (non-hydrogen) atoms. The molecule has 3 N–H and O–H groups in total. The van der Waals surface area contributed by atoms with Crippen LogP contribution in [0.4, 0.5) is 0 Å². The second-order valence-electron chi connectivity index (χ2n) is 5.08. The minimum Gasteiger partial charge on any atom is -0.389 e. The Bertz CT molecular complexity index is 575. The van der Waals surface area contributed by atoms with Gasteiger partial charge in [-0.2, -0.15) is 0 Å². The fraction of sp³-hybridized carbons (Fsp3) is 0.583. The molecule has 0 aliphatic carbocycles. The molecule has 1 aliphatic rings. The Morgan fingerprint density at radius 3 is 2.70 bits per heavy atom. The van der Waals surface area contributed by atoms with Crippen molar-refractivity contribution in [2.75, 3.05) is 26.7 Å². The molecular formula is C12H19N3O2S3. The molecule has 1 fully saturated rings. The fourth-order valence-electron chi connectivity index (χ4n) is 2.16. The van der Waals surface area contributed by atoms with E-state index in [0.717, 1.165) is 37.3 Å². The highest BCUT2D eigenvalue weighted by Gasteiger charge is 2.21. The summed E-state index contributed by atoms with van der Waals surface area (Å²) in [6, 6.07) is 3.20. The van der Waals surface area contributed by atoms with Crippen LogP contribution < -0.4 is 10.5 Å². The van der Waals surface area contributed by atoms with Crippen LogP contribution in [0.15, 0.2) is 16.3 Å². The van der Waals surface area contributed by atoms with Crippen LogP contribution in [-0.2, 0) is 10.0 Å². The monoisotopic (exact) mass is 333 g/mol. The molecule has 5 nitrogen and oxygen atoms in total. The summed E-state index contributed by atoms with van der Waals surface area (Å²) in [6.45, 7) is 2.55. The maximum Gasteiger partial charge on any atom is 0.250 e. The van der Waals surface area contributed by atoms with Gasteiger partial charge in [-0.05, 0) is 51.0 Å². The number of hydrogen-bond acceptors (Lipinski definition) is 5. The van der Waals surface area contributed by atoms with E-state index in [0.29, 0.717) is 17.3 Å². The largest absolute Gasteiger partial charge is 0.389 e. The highest BCUT2D eigenvalue weighted by molar-refractivity contribution is 7.91. The van der Waals surface area contributed by atoms with Gasteiger partial charge >= 0.3 is 0 Å². The average Bonchev–Trinajstić information content (AvgIpc) is 2.89. The summed E-state index contributed by atoms with van der Waals surface area (Å²) in [5, 5.41) is 0. The van der Waals surface area contributed by atoms with Crippen molar-refractivity contribution >= 4 is 38.6 Å². The number of thiophene rings is 1. The van der Waals surface area contributed by atoms with Gasteiger partial charge in [0.05, 0.1) is 4.88 Å². The summed E-state index contributed by atoms with van der Waals surface area (Å²) in [6.07, 6.45) is 2.06. The molecule has 1 saturated heterocycles. The number of nitrogens with one attached hydrogen (secondary N) is 1. The third kappa shape index (κ3) is 3.98. The van der Waals surface area contributed by atoms with E-state index in [-0.39, 0.29) is 9.20 Å². The molecule has 0 spiro atoms. The van der Waals surface area contributed by atoms with Crippen LogP contribution in [0.3, 0.4) is 0 Å². The zero-order valence-electron chi connectivity index (χ0n) is 11.3. The van der Waals surface area contributed by atoms with Crippen molar-refractivity contribution in [2.45, 2.75) is 17.1 Å². The number of nitrogens with zero attached hydrogens (tertiary/aromatic N) is 1. The molecule has 1 aliphatic heterocycles. The van der Waals surface area contributed by atoms with E-state index in [1.54, 1.807) is 12.1 Å². The van der Waals surface area contributed by atoms with E-state index in [1.807, 2.05) is 0 Å². The predicted molar refractivity (Wildman–Crippen MR) is 85.6 cm³/mol. The van der Waals surface area contributed by atoms with E-state index in [9.17, 15) is 8.42 Å². The lowest BCUT2D eigenvalue weighted by Gasteiger charge is -2.28. The molecule has 0 saturated carbocycles. The highest BCUT2D eigenvalue weighted by Crippen LogP contribution is 2.22. The Kier molecular flexibility index (Phi) is 5.14. The van der Waals surface area contributed by atoms with Crippen molar-refractivity contribution in [3.63, 3.8) is 0 Å². The normalized spacial score (nSPS) is 18.2. The molecule has 1 aromatic rings. The second kappa shape index (κ2) is 6.48. The van der Waals surface area contributed by atoms with E-state index in [4.69, 9.17) is 18.0 Å². The van der Waals surface area contributed by atoms with Crippen molar-refractivity contribution in [1.82, 2.24) is 9.62 Å². The first kappa shape index (κ1) is 15.8. The van der Waals surface area contributed by atoms with Crippen molar-refractivity contribution in [1.29, 1.82) is 0 Å². The minimum absolute atomic E-state index is 0.228. The number of rotatable bonds is 5. The maximum atomic E-state index is 12.2. The number of hydrogen-bond donors (Lipinski definition) is 2. The van der Waals surface area contributed by atoms with Gasteiger partial charge in [-0.15, -0.1) is 11.3 Å². The minimum atomic E-state index is -3.45. The number of nitrogens with two attached hydrogens (primary N) is 1. The van der Waals surface area contributed by atoms with E-state index in [2.05, 4.69) is 16.7 Å². The van der Waals surface area contributed by atoms with Crippen LogP contribution in [-0.4, -0.2) is 45.0 Å². The third-order valence-electron chi connectivity index (χ3n) is 3.49. The van der Waals surface area contributed by atoms with Gasteiger partial charge in [-0.25, -0.2) is 13.1 Å². The zero-order valence-corrected chi connectivity index (χ0v) is 13.8. The van der Waals surface area contributed by atoms with Gasteiger partial charge in [0.1, 0.15) is 9.20 Å². The summed E-state index contributed by atoms with van der Waals surface area (Å²) < 4.78 is 27.3. The molecule has 112 valence electrons. The van der Waals surface area contributed by atoms with Crippen LogP contribution in [0.5, 0.6) is 0 Å². The lowest BCUT2D eigenvalue weighted by Crippen LogP contribution is -2.36. The molecule has 0 amide bonds. The highest BCUT2D eigenvalue weighted by atomic mass is 32.2. The van der Waals surface area contributed by atoms with Crippen LogP contribution in [0.1, 0.15) is 17.7 Å².